The molecule has 0 saturated carbocycles. The molecular formula is C12H11N3OS3. The average Bonchev–Trinajstić information content (AvgIpc) is 3.07. The monoisotopic (exact) mass is 309 g/mol. The fraction of sp³-hybridized carbons (Fsp3) is 0.250. The Morgan fingerprint density at radius 2 is 2.21 bits per heavy atom. The Bertz CT molecular complexity index is 672. The van der Waals surface area contributed by atoms with Gasteiger partial charge in [0.25, 0.3) is 0 Å². The molecule has 3 aromatic rings. The topological polar surface area (TPSA) is 51.8 Å². The molecule has 0 bridgehead atoms. The summed E-state index contributed by atoms with van der Waals surface area (Å²) in [6, 6.07) is 4.01. The highest BCUT2D eigenvalue weighted by Crippen LogP contribution is 2.30. The molecule has 0 radical (unpaired) electrons. The quantitative estimate of drug-likeness (QED) is 0.677. The molecule has 0 spiro atoms. The number of thiophene rings is 1. The van der Waals surface area contributed by atoms with Crippen molar-refractivity contribution in [3.63, 3.8) is 0 Å². The molecule has 7 heteroatoms. The zero-order valence-corrected chi connectivity index (χ0v) is 12.9. The number of oxazole rings is 1. The van der Waals surface area contributed by atoms with E-state index in [0.717, 1.165) is 31.4 Å². The Morgan fingerprint density at radius 1 is 1.32 bits per heavy atom. The van der Waals surface area contributed by atoms with E-state index in [9.17, 15) is 0 Å². The molecule has 0 saturated heterocycles. The molecule has 0 amide bonds. The van der Waals surface area contributed by atoms with Gasteiger partial charge >= 0.3 is 0 Å². The van der Waals surface area contributed by atoms with E-state index in [4.69, 9.17) is 4.42 Å². The molecule has 0 aliphatic rings. The van der Waals surface area contributed by atoms with Gasteiger partial charge in [0.05, 0.1) is 10.6 Å². The molecule has 0 aliphatic carbocycles. The Balaban J connectivity index is 1.75. The Morgan fingerprint density at radius 3 is 2.89 bits per heavy atom. The van der Waals surface area contributed by atoms with Gasteiger partial charge in [-0.2, -0.15) is 0 Å². The van der Waals surface area contributed by atoms with E-state index >= 15 is 0 Å². The molecule has 3 rings (SSSR count). The van der Waals surface area contributed by atoms with E-state index in [0.29, 0.717) is 5.89 Å². The molecular weight excluding hydrogens is 298 g/mol. The van der Waals surface area contributed by atoms with Crippen LogP contribution >= 0.6 is 34.4 Å². The van der Waals surface area contributed by atoms with E-state index in [-0.39, 0.29) is 0 Å². The molecule has 19 heavy (non-hydrogen) atoms. The van der Waals surface area contributed by atoms with E-state index < -0.39 is 0 Å². The van der Waals surface area contributed by atoms with Crippen LogP contribution in [-0.2, 0) is 5.75 Å². The van der Waals surface area contributed by atoms with Gasteiger partial charge in [-0.1, -0.05) is 29.2 Å². The van der Waals surface area contributed by atoms with Crippen molar-refractivity contribution in [1.82, 2.24) is 15.2 Å². The van der Waals surface area contributed by atoms with Gasteiger partial charge in [-0.05, 0) is 25.3 Å². The third-order valence-electron chi connectivity index (χ3n) is 2.46. The predicted molar refractivity (Wildman–Crippen MR) is 78.8 cm³/mol. The van der Waals surface area contributed by atoms with Crippen molar-refractivity contribution in [3.8, 4) is 10.8 Å². The number of aryl methyl sites for hydroxylation is 2. The lowest BCUT2D eigenvalue weighted by molar-refractivity contribution is 0.542. The first kappa shape index (κ1) is 12.8. The van der Waals surface area contributed by atoms with Crippen LogP contribution in [0.5, 0.6) is 0 Å². The van der Waals surface area contributed by atoms with Gasteiger partial charge < -0.3 is 4.42 Å². The van der Waals surface area contributed by atoms with E-state index in [2.05, 4.69) is 15.2 Å². The van der Waals surface area contributed by atoms with E-state index in [1.54, 1.807) is 34.4 Å². The number of thioether (sulfide) groups is 1. The SMILES string of the molecule is Cc1nnc(SCc2nc(-c3cccs3)oc2C)s1. The smallest absolute Gasteiger partial charge is 0.236 e. The first-order valence-electron chi connectivity index (χ1n) is 5.65. The number of hydrogen-bond acceptors (Lipinski definition) is 7. The maximum absolute atomic E-state index is 5.71. The van der Waals surface area contributed by atoms with Crippen molar-refractivity contribution in [2.24, 2.45) is 0 Å². The Kier molecular flexibility index (Phi) is 3.67. The van der Waals surface area contributed by atoms with Gasteiger partial charge in [-0.25, -0.2) is 4.98 Å². The number of nitrogens with zero attached hydrogens (tertiary/aromatic N) is 3. The standard InChI is InChI=1S/C12H11N3OS3/c1-7-9(6-18-12-15-14-8(2)19-12)13-11(16-7)10-4-3-5-17-10/h3-5H,6H2,1-2H3. The van der Waals surface area contributed by atoms with Gasteiger partial charge in [0.2, 0.25) is 5.89 Å². The number of aromatic nitrogens is 3. The summed E-state index contributed by atoms with van der Waals surface area (Å²) in [5, 5.41) is 11.1. The van der Waals surface area contributed by atoms with Crippen LogP contribution in [0.1, 0.15) is 16.5 Å². The van der Waals surface area contributed by atoms with Crippen LogP contribution < -0.4 is 0 Å². The lowest BCUT2D eigenvalue weighted by atomic mass is 10.4. The lowest BCUT2D eigenvalue weighted by Gasteiger charge is -1.92. The van der Waals surface area contributed by atoms with Gasteiger partial charge in [0, 0.05) is 5.75 Å². The molecule has 0 unspecified atom stereocenters. The van der Waals surface area contributed by atoms with Crippen molar-refractivity contribution in [1.29, 1.82) is 0 Å². The predicted octanol–water partition coefficient (Wildman–Crippen LogP) is 4.16. The zero-order valence-electron chi connectivity index (χ0n) is 10.4. The number of rotatable bonds is 4. The first-order chi connectivity index (χ1) is 9.22. The first-order valence-corrected chi connectivity index (χ1v) is 8.33. The van der Waals surface area contributed by atoms with Gasteiger partial charge in [0.15, 0.2) is 4.34 Å². The van der Waals surface area contributed by atoms with Crippen LogP contribution in [0, 0.1) is 13.8 Å². The summed E-state index contributed by atoms with van der Waals surface area (Å²) in [5.74, 6) is 2.34. The molecule has 4 nitrogen and oxygen atoms in total. The van der Waals surface area contributed by atoms with Crippen LogP contribution in [0.15, 0.2) is 26.3 Å². The minimum absolute atomic E-state index is 0.705. The van der Waals surface area contributed by atoms with Crippen LogP contribution in [0.4, 0.5) is 0 Å². The Labute approximate surface area is 122 Å². The summed E-state index contributed by atoms with van der Waals surface area (Å²) in [6.45, 7) is 3.91. The minimum atomic E-state index is 0.705. The summed E-state index contributed by atoms with van der Waals surface area (Å²) in [5.41, 5.74) is 0.973. The van der Waals surface area contributed by atoms with E-state index in [1.165, 1.54) is 0 Å². The number of hydrogen-bond donors (Lipinski definition) is 0. The second-order valence-electron chi connectivity index (χ2n) is 3.87. The third kappa shape index (κ3) is 2.88. The Hall–Kier alpha value is -1.18. The third-order valence-corrected chi connectivity index (χ3v) is 5.31. The highest BCUT2D eigenvalue weighted by atomic mass is 32.2. The summed E-state index contributed by atoms with van der Waals surface area (Å²) >= 11 is 4.88. The van der Waals surface area contributed by atoms with Crippen molar-refractivity contribution >= 4 is 34.4 Å². The summed E-state index contributed by atoms with van der Waals surface area (Å²) in [4.78, 5) is 5.61. The maximum Gasteiger partial charge on any atom is 0.236 e. The second-order valence-corrected chi connectivity index (χ2v) is 7.23. The van der Waals surface area contributed by atoms with Crippen molar-refractivity contribution in [2.75, 3.05) is 0 Å². The van der Waals surface area contributed by atoms with E-state index in [1.807, 2.05) is 31.4 Å². The van der Waals surface area contributed by atoms with Crippen molar-refractivity contribution in [3.05, 3.63) is 34.0 Å². The minimum Gasteiger partial charge on any atom is -0.440 e. The molecule has 0 N–H and O–H groups in total. The summed E-state index contributed by atoms with van der Waals surface area (Å²) in [6.07, 6.45) is 0. The molecule has 3 aromatic heterocycles. The summed E-state index contributed by atoms with van der Waals surface area (Å²) < 4.78 is 6.68. The highest BCUT2D eigenvalue weighted by Gasteiger charge is 2.13. The fourth-order valence-electron chi connectivity index (χ4n) is 1.53. The fourth-order valence-corrected chi connectivity index (χ4v) is 4.00. The molecule has 3 heterocycles. The second kappa shape index (κ2) is 5.44. The van der Waals surface area contributed by atoms with Gasteiger partial charge in [-0.15, -0.1) is 21.5 Å². The molecule has 0 aliphatic heterocycles. The van der Waals surface area contributed by atoms with Crippen molar-refractivity contribution < 1.29 is 4.42 Å². The molecule has 0 atom stereocenters. The van der Waals surface area contributed by atoms with Crippen LogP contribution in [0.25, 0.3) is 10.8 Å². The molecule has 0 fully saturated rings. The lowest BCUT2D eigenvalue weighted by Crippen LogP contribution is -1.84. The highest BCUT2D eigenvalue weighted by molar-refractivity contribution is 8.00. The maximum atomic E-state index is 5.71. The van der Waals surface area contributed by atoms with Gasteiger partial charge in [0.1, 0.15) is 10.8 Å². The van der Waals surface area contributed by atoms with Crippen LogP contribution in [-0.4, -0.2) is 15.2 Å². The average molecular weight is 309 g/mol. The van der Waals surface area contributed by atoms with Crippen LogP contribution in [0.3, 0.4) is 0 Å². The molecule has 98 valence electrons. The summed E-state index contributed by atoms with van der Waals surface area (Å²) in [7, 11) is 0. The van der Waals surface area contributed by atoms with Gasteiger partial charge in [-0.3, -0.25) is 0 Å². The largest absolute Gasteiger partial charge is 0.440 e. The van der Waals surface area contributed by atoms with Crippen LogP contribution in [0.2, 0.25) is 0 Å². The molecule has 0 aromatic carbocycles. The van der Waals surface area contributed by atoms with Crippen molar-refractivity contribution in [2.45, 2.75) is 23.9 Å². The zero-order chi connectivity index (χ0) is 13.2. The normalized spacial score (nSPS) is 11.1.